The van der Waals surface area contributed by atoms with Gasteiger partial charge in [-0.2, -0.15) is 0 Å². The monoisotopic (exact) mass is 451 g/mol. The van der Waals surface area contributed by atoms with Crippen molar-refractivity contribution < 1.29 is 33.7 Å². The number of ketones is 1. The van der Waals surface area contributed by atoms with Gasteiger partial charge in [0.1, 0.15) is 17.6 Å². The van der Waals surface area contributed by atoms with Crippen molar-refractivity contribution >= 4 is 23.4 Å². The van der Waals surface area contributed by atoms with Crippen molar-refractivity contribution in [3.63, 3.8) is 0 Å². The van der Waals surface area contributed by atoms with Gasteiger partial charge in [-0.25, -0.2) is 4.79 Å². The normalized spacial score (nSPS) is 21.1. The van der Waals surface area contributed by atoms with E-state index >= 15 is 0 Å². The lowest BCUT2D eigenvalue weighted by Gasteiger charge is -2.25. The highest BCUT2D eigenvalue weighted by atomic mass is 16.5. The quantitative estimate of drug-likeness (QED) is 0.312. The van der Waals surface area contributed by atoms with Crippen LogP contribution >= 0.6 is 0 Å². The molecule has 2 aliphatic rings. The maximum atomic E-state index is 13.0. The Bertz CT molecular complexity index is 1140. The third kappa shape index (κ3) is 4.09. The standard InChI is InChI=1S/C25H25NO7/c1-14-12-18-13-17(8-9-19(18)33-14)22(27)20-21(26(10-11-31-2)24(29)23(20)28)15-4-6-16(7-5-15)25(30)32-3/h4-9,13-14,21,27H,10-12H2,1-3H3/b22-20+/t14-,21+/m1/s1. The third-order valence-corrected chi connectivity index (χ3v) is 5.89. The first-order valence-electron chi connectivity index (χ1n) is 10.6. The topological polar surface area (TPSA) is 102 Å². The van der Waals surface area contributed by atoms with Gasteiger partial charge in [-0.05, 0) is 48.4 Å². The van der Waals surface area contributed by atoms with Crippen LogP contribution in [0.15, 0.2) is 48.0 Å². The number of aliphatic hydroxyl groups excluding tert-OH is 1. The molecule has 1 amide bonds. The Kier molecular flexibility index (Phi) is 6.20. The van der Waals surface area contributed by atoms with E-state index in [4.69, 9.17) is 14.2 Å². The van der Waals surface area contributed by atoms with E-state index in [1.807, 2.05) is 6.92 Å². The highest BCUT2D eigenvalue weighted by Crippen LogP contribution is 2.40. The maximum Gasteiger partial charge on any atom is 0.337 e. The molecule has 2 aromatic rings. The van der Waals surface area contributed by atoms with Gasteiger partial charge in [-0.15, -0.1) is 0 Å². The summed E-state index contributed by atoms with van der Waals surface area (Å²) in [6.45, 7) is 2.34. The van der Waals surface area contributed by atoms with Gasteiger partial charge in [-0.1, -0.05) is 12.1 Å². The number of hydrogen-bond acceptors (Lipinski definition) is 7. The number of esters is 1. The molecule has 0 spiro atoms. The summed E-state index contributed by atoms with van der Waals surface area (Å²) in [5.74, 6) is -1.48. The molecule has 0 aliphatic carbocycles. The molecule has 0 bridgehead atoms. The van der Waals surface area contributed by atoms with Crippen LogP contribution in [0.1, 0.15) is 40.0 Å². The Morgan fingerprint density at radius 3 is 2.48 bits per heavy atom. The lowest BCUT2D eigenvalue weighted by Crippen LogP contribution is -2.32. The number of nitrogens with zero attached hydrogens (tertiary/aromatic N) is 1. The molecule has 2 atom stereocenters. The van der Waals surface area contributed by atoms with Crippen LogP contribution < -0.4 is 4.74 Å². The molecule has 2 aliphatic heterocycles. The van der Waals surface area contributed by atoms with Gasteiger partial charge in [0.05, 0.1) is 30.9 Å². The smallest absolute Gasteiger partial charge is 0.337 e. The predicted molar refractivity (Wildman–Crippen MR) is 119 cm³/mol. The van der Waals surface area contributed by atoms with Gasteiger partial charge in [0.2, 0.25) is 0 Å². The zero-order valence-corrected chi connectivity index (χ0v) is 18.7. The molecule has 172 valence electrons. The SMILES string of the molecule is COCCN1C(=O)C(=O)/C(=C(/O)c2ccc3c(c2)C[C@@H](C)O3)[C@@H]1c1ccc(C(=O)OC)cc1. The largest absolute Gasteiger partial charge is 0.507 e. The van der Waals surface area contributed by atoms with E-state index in [0.29, 0.717) is 23.1 Å². The number of benzene rings is 2. The fraction of sp³-hybridized carbons (Fsp3) is 0.320. The molecule has 8 heteroatoms. The minimum atomic E-state index is -0.824. The van der Waals surface area contributed by atoms with Crippen molar-refractivity contribution in [1.82, 2.24) is 4.90 Å². The minimum absolute atomic E-state index is 0.00571. The Labute approximate surface area is 191 Å². The van der Waals surface area contributed by atoms with Crippen molar-refractivity contribution in [2.24, 2.45) is 0 Å². The van der Waals surface area contributed by atoms with Crippen molar-refractivity contribution in [2.75, 3.05) is 27.4 Å². The molecule has 2 heterocycles. The third-order valence-electron chi connectivity index (χ3n) is 5.89. The number of carbonyl (C=O) groups excluding carboxylic acids is 3. The molecule has 0 saturated carbocycles. The highest BCUT2D eigenvalue weighted by molar-refractivity contribution is 6.46. The highest BCUT2D eigenvalue weighted by Gasteiger charge is 2.46. The average Bonchev–Trinajstić information content (AvgIpc) is 3.32. The number of ether oxygens (including phenoxy) is 3. The van der Waals surface area contributed by atoms with E-state index < -0.39 is 23.7 Å². The second kappa shape index (κ2) is 9.07. The summed E-state index contributed by atoms with van der Waals surface area (Å²) >= 11 is 0. The summed E-state index contributed by atoms with van der Waals surface area (Å²) < 4.78 is 15.6. The van der Waals surface area contributed by atoms with Crippen LogP contribution in [-0.4, -0.2) is 61.1 Å². The van der Waals surface area contributed by atoms with Gasteiger partial charge in [0, 0.05) is 25.6 Å². The summed E-state index contributed by atoms with van der Waals surface area (Å²) in [4.78, 5) is 39.1. The number of rotatable bonds is 6. The molecular weight excluding hydrogens is 426 g/mol. The number of amides is 1. The summed E-state index contributed by atoms with van der Waals surface area (Å²) in [5.41, 5.74) is 2.28. The van der Waals surface area contributed by atoms with Crippen molar-refractivity contribution in [2.45, 2.75) is 25.5 Å². The molecular formula is C25H25NO7. The number of carbonyl (C=O) groups is 3. The number of likely N-dealkylation sites (tertiary alicyclic amines) is 1. The van der Waals surface area contributed by atoms with Crippen LogP contribution in [0.5, 0.6) is 5.75 Å². The lowest BCUT2D eigenvalue weighted by atomic mass is 9.94. The fourth-order valence-electron chi connectivity index (χ4n) is 4.29. The van der Waals surface area contributed by atoms with Crippen molar-refractivity contribution in [1.29, 1.82) is 0 Å². The van der Waals surface area contributed by atoms with Crippen LogP contribution in [0.3, 0.4) is 0 Å². The first-order chi connectivity index (χ1) is 15.8. The lowest BCUT2D eigenvalue weighted by molar-refractivity contribution is -0.140. The van der Waals surface area contributed by atoms with Gasteiger partial charge in [0.25, 0.3) is 11.7 Å². The van der Waals surface area contributed by atoms with Crippen LogP contribution in [0.4, 0.5) is 0 Å². The average molecular weight is 451 g/mol. The Balaban J connectivity index is 1.80. The zero-order chi connectivity index (χ0) is 23.7. The number of methoxy groups -OCH3 is 2. The molecule has 0 aromatic heterocycles. The predicted octanol–water partition coefficient (Wildman–Crippen LogP) is 2.86. The van der Waals surface area contributed by atoms with Crippen LogP contribution in [0, 0.1) is 0 Å². The molecule has 2 aromatic carbocycles. The van der Waals surface area contributed by atoms with Crippen LogP contribution in [0.25, 0.3) is 5.76 Å². The Hall–Kier alpha value is -3.65. The molecule has 1 fully saturated rings. The number of hydrogen-bond donors (Lipinski definition) is 1. The molecule has 0 unspecified atom stereocenters. The summed E-state index contributed by atoms with van der Waals surface area (Å²) in [6, 6.07) is 10.8. The van der Waals surface area contributed by atoms with E-state index in [-0.39, 0.29) is 30.6 Å². The molecule has 1 saturated heterocycles. The molecule has 4 rings (SSSR count). The van der Waals surface area contributed by atoms with E-state index in [9.17, 15) is 19.5 Å². The van der Waals surface area contributed by atoms with Gasteiger partial charge in [0.15, 0.2) is 0 Å². The van der Waals surface area contributed by atoms with Crippen LogP contribution in [0.2, 0.25) is 0 Å². The molecule has 33 heavy (non-hydrogen) atoms. The van der Waals surface area contributed by atoms with E-state index in [0.717, 1.165) is 11.3 Å². The first-order valence-corrected chi connectivity index (χ1v) is 10.6. The van der Waals surface area contributed by atoms with Gasteiger partial charge in [-0.3, -0.25) is 9.59 Å². The number of fused-ring (bicyclic) bond motifs is 1. The number of Topliss-reactive ketones (excluding diaryl/α,β-unsaturated/α-hetero) is 1. The molecule has 1 N–H and O–H groups in total. The zero-order valence-electron chi connectivity index (χ0n) is 18.7. The fourth-order valence-corrected chi connectivity index (χ4v) is 4.29. The molecule has 8 nitrogen and oxygen atoms in total. The first kappa shape index (κ1) is 22.5. The summed E-state index contributed by atoms with van der Waals surface area (Å²) in [6.07, 6.45) is 0.724. The minimum Gasteiger partial charge on any atom is -0.507 e. The van der Waals surface area contributed by atoms with E-state index in [1.54, 1.807) is 42.5 Å². The summed E-state index contributed by atoms with van der Waals surface area (Å²) in [5, 5.41) is 11.2. The van der Waals surface area contributed by atoms with Gasteiger partial charge < -0.3 is 24.2 Å². The maximum absolute atomic E-state index is 13.0. The Morgan fingerprint density at radius 2 is 1.82 bits per heavy atom. The molecule has 0 radical (unpaired) electrons. The van der Waals surface area contributed by atoms with E-state index in [1.165, 1.54) is 19.1 Å². The second-order valence-corrected chi connectivity index (χ2v) is 8.05. The Morgan fingerprint density at radius 1 is 1.12 bits per heavy atom. The summed E-state index contributed by atoms with van der Waals surface area (Å²) in [7, 11) is 2.79. The van der Waals surface area contributed by atoms with E-state index in [2.05, 4.69) is 0 Å². The van der Waals surface area contributed by atoms with Crippen molar-refractivity contribution in [3.05, 3.63) is 70.3 Å². The van der Waals surface area contributed by atoms with Crippen LogP contribution in [-0.2, 0) is 25.5 Å². The van der Waals surface area contributed by atoms with Crippen molar-refractivity contribution in [3.8, 4) is 5.75 Å². The second-order valence-electron chi connectivity index (χ2n) is 8.05. The number of aliphatic hydroxyl groups is 1. The van der Waals surface area contributed by atoms with Gasteiger partial charge >= 0.3 is 5.97 Å².